The fourth-order valence-electron chi connectivity index (χ4n) is 10.8. The molecule has 2 aliphatic carbocycles. The molecular formula is C45H47ClN8O5. The number of nitrogens with zero attached hydrogens (tertiary/aromatic N) is 7. The van der Waals surface area contributed by atoms with E-state index >= 15 is 0 Å². The zero-order valence-corrected chi connectivity index (χ0v) is 34.4. The quantitative estimate of drug-likeness (QED) is 0.280. The lowest BCUT2D eigenvalue weighted by Gasteiger charge is -2.65. The fraction of sp³-hybridized carbons (Fsp3) is 0.489. The number of allylic oxidation sites excluding steroid dienone is 1. The van der Waals surface area contributed by atoms with Crippen LogP contribution in [0, 0.1) is 45.8 Å². The lowest BCUT2D eigenvalue weighted by atomic mass is 9.49. The summed E-state index contributed by atoms with van der Waals surface area (Å²) in [4.78, 5) is 67.4. The first-order valence-corrected chi connectivity index (χ1v) is 20.9. The molecule has 3 atom stereocenters. The maximum Gasteiger partial charge on any atom is 0.261 e. The van der Waals surface area contributed by atoms with Crippen LogP contribution in [-0.4, -0.2) is 99.7 Å². The number of halogens is 1. The van der Waals surface area contributed by atoms with Crippen LogP contribution in [0.4, 0.5) is 5.69 Å². The van der Waals surface area contributed by atoms with Crippen molar-refractivity contribution in [1.29, 1.82) is 5.26 Å². The summed E-state index contributed by atoms with van der Waals surface area (Å²) in [7, 11) is 0. The van der Waals surface area contributed by atoms with E-state index in [-0.39, 0.29) is 65.2 Å². The number of nitriles is 1. The molecule has 5 heterocycles. The monoisotopic (exact) mass is 814 g/mol. The molecule has 5 fully saturated rings. The van der Waals surface area contributed by atoms with Crippen LogP contribution in [0.5, 0.6) is 5.75 Å². The molecular weight excluding hydrogens is 768 g/mol. The van der Waals surface area contributed by atoms with Crippen molar-refractivity contribution in [2.24, 2.45) is 27.7 Å². The van der Waals surface area contributed by atoms with Gasteiger partial charge in [-0.05, 0) is 61.6 Å². The number of nitrogens with one attached hydrogen (secondary N) is 1. The molecule has 1 aromatic heterocycles. The number of imide groups is 1. The molecule has 3 saturated heterocycles. The molecule has 2 saturated carbocycles. The van der Waals surface area contributed by atoms with E-state index in [4.69, 9.17) is 21.3 Å². The molecule has 0 spiro atoms. The molecule has 13 nitrogen and oxygen atoms in total. The summed E-state index contributed by atoms with van der Waals surface area (Å²) < 4.78 is 7.81. The number of aliphatic imine (C=N–C) groups is 1. The number of dihydropyridines is 1. The third-order valence-corrected chi connectivity index (χ3v) is 13.9. The highest BCUT2D eigenvalue weighted by Crippen LogP contribution is 2.59. The Kier molecular flexibility index (Phi) is 9.68. The average molecular weight is 815 g/mol. The molecule has 0 radical (unpaired) electrons. The maximum absolute atomic E-state index is 13.8. The predicted octanol–water partition coefficient (Wildman–Crippen LogP) is 4.52. The Morgan fingerprint density at radius 1 is 0.983 bits per heavy atom. The lowest BCUT2D eigenvalue weighted by molar-refractivity contribution is -0.208. The van der Waals surface area contributed by atoms with Crippen LogP contribution >= 0.6 is 11.6 Å². The van der Waals surface area contributed by atoms with Gasteiger partial charge in [-0.1, -0.05) is 51.3 Å². The van der Waals surface area contributed by atoms with E-state index in [0.717, 1.165) is 50.4 Å². The van der Waals surface area contributed by atoms with Crippen LogP contribution in [0.1, 0.15) is 65.0 Å². The average Bonchev–Trinajstić information content (AvgIpc) is 3.50. The lowest BCUT2D eigenvalue weighted by Crippen LogP contribution is -2.75. The highest BCUT2D eigenvalue weighted by atomic mass is 35.5. The zero-order valence-electron chi connectivity index (χ0n) is 33.7. The van der Waals surface area contributed by atoms with Gasteiger partial charge < -0.3 is 14.5 Å². The normalized spacial score (nSPS) is 29.7. The van der Waals surface area contributed by atoms with Gasteiger partial charge in [0, 0.05) is 79.7 Å². The second-order valence-corrected chi connectivity index (χ2v) is 18.4. The van der Waals surface area contributed by atoms with Crippen LogP contribution in [-0.2, 0) is 14.4 Å². The van der Waals surface area contributed by atoms with Gasteiger partial charge in [-0.3, -0.25) is 39.0 Å². The molecule has 2 aromatic carbocycles. The fourth-order valence-corrected chi connectivity index (χ4v) is 11.1. The number of likely N-dealkylation sites (tertiary alicyclic amines) is 1. The van der Waals surface area contributed by atoms with Crippen molar-refractivity contribution in [3.8, 4) is 23.7 Å². The molecule has 59 heavy (non-hydrogen) atoms. The van der Waals surface area contributed by atoms with Gasteiger partial charge in [0.05, 0.1) is 39.8 Å². The first-order valence-electron chi connectivity index (χ1n) is 20.5. The molecule has 1 N–H and O–H groups in total. The number of aromatic nitrogens is 2. The van der Waals surface area contributed by atoms with Crippen molar-refractivity contribution in [2.45, 2.75) is 83.6 Å². The highest BCUT2D eigenvalue weighted by molar-refractivity contribution is 6.31. The SMILES string of the molecule is CC1(C)C(Oc2ccc(C#N)c(Cl)c2)C(C)(C)C1N1CC2N=C(C#CC3CC(N4CCN(c5ccc6c(=O)n(C7CCC(=O)NC7=O)cnc6c5)CC4)C3)C=CC2C1=O. The van der Waals surface area contributed by atoms with Crippen LogP contribution in [0.2, 0.25) is 5.02 Å². The van der Waals surface area contributed by atoms with Gasteiger partial charge in [0.1, 0.15) is 29.7 Å². The van der Waals surface area contributed by atoms with Crippen LogP contribution in [0.15, 0.2) is 64.7 Å². The first-order chi connectivity index (χ1) is 28.2. The van der Waals surface area contributed by atoms with Gasteiger partial charge in [-0.2, -0.15) is 5.26 Å². The smallest absolute Gasteiger partial charge is 0.261 e. The van der Waals surface area contributed by atoms with Crippen molar-refractivity contribution in [1.82, 2.24) is 24.7 Å². The Hall–Kier alpha value is -5.50. The van der Waals surface area contributed by atoms with E-state index in [1.54, 1.807) is 24.3 Å². The molecule has 3 aromatic rings. The second kappa shape index (κ2) is 14.6. The third-order valence-electron chi connectivity index (χ3n) is 13.5. The summed E-state index contributed by atoms with van der Waals surface area (Å²) in [6, 6.07) is 12.4. The van der Waals surface area contributed by atoms with E-state index in [1.165, 1.54) is 10.9 Å². The van der Waals surface area contributed by atoms with E-state index < -0.39 is 11.9 Å². The number of hydrogen-bond acceptors (Lipinski definition) is 10. The number of fused-ring (bicyclic) bond motifs is 2. The van der Waals surface area contributed by atoms with Gasteiger partial charge in [0.2, 0.25) is 17.7 Å². The summed E-state index contributed by atoms with van der Waals surface area (Å²) in [5.74, 6) is 6.75. The predicted molar refractivity (Wildman–Crippen MR) is 223 cm³/mol. The Bertz CT molecular complexity index is 2480. The number of piperazine rings is 1. The largest absolute Gasteiger partial charge is 0.489 e. The molecule has 0 bridgehead atoms. The highest BCUT2D eigenvalue weighted by Gasteiger charge is 2.67. The minimum Gasteiger partial charge on any atom is -0.489 e. The summed E-state index contributed by atoms with van der Waals surface area (Å²) in [6.45, 7) is 12.7. The molecule has 14 heteroatoms. The number of ether oxygens (including phenoxy) is 1. The Labute approximate surface area is 348 Å². The van der Waals surface area contributed by atoms with Crippen LogP contribution in [0.25, 0.3) is 10.9 Å². The molecule has 4 aliphatic heterocycles. The summed E-state index contributed by atoms with van der Waals surface area (Å²) >= 11 is 6.29. The minimum atomic E-state index is -0.739. The summed E-state index contributed by atoms with van der Waals surface area (Å²) in [6.07, 6.45) is 7.66. The number of carbonyl (C=O) groups is 3. The van der Waals surface area contributed by atoms with Gasteiger partial charge in [-0.25, -0.2) is 4.98 Å². The standard InChI is InChI=1S/C45H47ClN8O5/c1-44(2)42(45(3,4)43(44)59-31-10-6-27(23-47)34(46)22-31)53-24-36-33(40(53)57)11-8-28(49-36)7-5-26-19-30(20-26)52-17-15-51(16-18-52)29-9-12-32-35(21-29)48-25-54(41(32)58)37-13-14-38(55)50-39(37)56/h6,8-12,21-22,25-26,30,33,36-37,42-43H,13-20,24H2,1-4H3,(H,50,55,56). The first kappa shape index (κ1) is 39.0. The van der Waals surface area contributed by atoms with E-state index in [0.29, 0.717) is 45.7 Å². The number of anilines is 1. The summed E-state index contributed by atoms with van der Waals surface area (Å²) in [5.41, 5.74) is 1.79. The van der Waals surface area contributed by atoms with Crippen LogP contribution in [0.3, 0.4) is 0 Å². The summed E-state index contributed by atoms with van der Waals surface area (Å²) in [5, 5.41) is 12.4. The van der Waals surface area contributed by atoms with Crippen LogP contribution < -0.4 is 20.5 Å². The number of piperidine rings is 1. The van der Waals surface area contributed by atoms with Crippen molar-refractivity contribution in [3.05, 3.63) is 75.8 Å². The number of hydrogen-bond donors (Lipinski definition) is 1. The number of carbonyl (C=O) groups excluding carboxylic acids is 3. The molecule has 3 amide bonds. The van der Waals surface area contributed by atoms with E-state index in [1.807, 2.05) is 29.2 Å². The zero-order chi connectivity index (χ0) is 41.4. The Balaban J connectivity index is 0.769. The van der Waals surface area contributed by atoms with E-state index in [9.17, 15) is 24.4 Å². The van der Waals surface area contributed by atoms with Crippen molar-refractivity contribution >= 4 is 51.6 Å². The Morgan fingerprint density at radius 2 is 1.75 bits per heavy atom. The minimum absolute atomic E-state index is 0.0447. The number of amides is 3. The van der Waals surface area contributed by atoms with Gasteiger partial charge in [0.15, 0.2) is 0 Å². The molecule has 304 valence electrons. The molecule has 6 aliphatic rings. The van der Waals surface area contributed by atoms with E-state index in [2.05, 4.69) is 65.7 Å². The maximum atomic E-state index is 13.8. The van der Waals surface area contributed by atoms with Gasteiger partial charge in [-0.15, -0.1) is 0 Å². The third kappa shape index (κ3) is 6.78. The second-order valence-electron chi connectivity index (χ2n) is 18.0. The number of rotatable bonds is 6. The van der Waals surface area contributed by atoms with Gasteiger partial charge in [0.25, 0.3) is 5.56 Å². The van der Waals surface area contributed by atoms with Crippen molar-refractivity contribution < 1.29 is 19.1 Å². The Morgan fingerprint density at radius 3 is 2.46 bits per heavy atom. The molecule has 9 rings (SSSR count). The van der Waals surface area contributed by atoms with Crippen molar-refractivity contribution in [3.63, 3.8) is 0 Å². The number of benzene rings is 2. The molecule has 3 unspecified atom stereocenters. The van der Waals surface area contributed by atoms with Gasteiger partial charge >= 0.3 is 0 Å². The topological polar surface area (TPSA) is 153 Å². The van der Waals surface area contributed by atoms with Crippen molar-refractivity contribution in [2.75, 3.05) is 37.6 Å².